The first-order valence-electron chi connectivity index (χ1n) is 14.4. The Bertz CT molecular complexity index is 1470. The van der Waals surface area contributed by atoms with E-state index in [1.807, 2.05) is 42.5 Å². The highest BCUT2D eigenvalue weighted by Gasteiger charge is 2.23. The quantitative estimate of drug-likeness (QED) is 0.336. The molecule has 2 fully saturated rings. The summed E-state index contributed by atoms with van der Waals surface area (Å²) in [5.41, 5.74) is 0.745. The van der Waals surface area contributed by atoms with Crippen molar-refractivity contribution >= 4 is 39.3 Å². The van der Waals surface area contributed by atoms with Crippen LogP contribution in [0.1, 0.15) is 10.4 Å². The minimum Gasteiger partial charge on any atom is -0.379 e. The van der Waals surface area contributed by atoms with Crippen LogP contribution in [-0.2, 0) is 19.6 Å². The number of carbonyl (C=O) groups is 2. The third-order valence-electron chi connectivity index (χ3n) is 7.49. The third kappa shape index (κ3) is 8.80. The van der Waals surface area contributed by atoms with Crippen LogP contribution in [0.3, 0.4) is 0 Å². The number of benzene rings is 3. The minimum atomic E-state index is -3.89. The Morgan fingerprint density at radius 2 is 1.40 bits per heavy atom. The summed E-state index contributed by atoms with van der Waals surface area (Å²) >= 11 is 1.46. The molecule has 3 aromatic rings. The molecule has 0 radical (unpaired) electrons. The number of piperazine rings is 1. The van der Waals surface area contributed by atoms with Crippen molar-refractivity contribution < 1.29 is 22.7 Å². The molecule has 0 aromatic heterocycles. The minimum absolute atomic E-state index is 0.0335. The van der Waals surface area contributed by atoms with Gasteiger partial charge in [-0.25, -0.2) is 8.42 Å². The zero-order valence-electron chi connectivity index (χ0n) is 24.0. The van der Waals surface area contributed by atoms with Crippen LogP contribution < -0.4 is 10.0 Å². The number of morpholine rings is 1. The van der Waals surface area contributed by atoms with Crippen molar-refractivity contribution in [3.05, 3.63) is 84.4 Å². The molecule has 10 nitrogen and oxygen atoms in total. The van der Waals surface area contributed by atoms with Crippen molar-refractivity contribution in [1.29, 1.82) is 0 Å². The average Bonchev–Trinajstić information content (AvgIpc) is 3.04. The summed E-state index contributed by atoms with van der Waals surface area (Å²) < 4.78 is 34.3. The maximum Gasteiger partial charge on any atom is 0.261 e. The Balaban J connectivity index is 1.09. The summed E-state index contributed by atoms with van der Waals surface area (Å²) in [5.74, 6) is -0.560. The van der Waals surface area contributed by atoms with E-state index >= 15 is 0 Å². The van der Waals surface area contributed by atoms with E-state index in [-0.39, 0.29) is 22.9 Å². The molecule has 2 saturated heterocycles. The molecule has 3 aromatic carbocycles. The molecule has 2 amide bonds. The van der Waals surface area contributed by atoms with Crippen LogP contribution in [0.2, 0.25) is 0 Å². The molecule has 0 aliphatic carbocycles. The number of rotatable bonds is 11. The highest BCUT2D eigenvalue weighted by Crippen LogP contribution is 2.34. The van der Waals surface area contributed by atoms with Crippen LogP contribution in [0.5, 0.6) is 0 Å². The van der Waals surface area contributed by atoms with Crippen LogP contribution in [0.25, 0.3) is 0 Å². The van der Waals surface area contributed by atoms with Gasteiger partial charge in [0.1, 0.15) is 0 Å². The summed E-state index contributed by atoms with van der Waals surface area (Å²) in [5, 5.41) is 2.67. The number of hydrogen-bond acceptors (Lipinski definition) is 8. The molecular formula is C31H37N5O5S2. The number of carbonyl (C=O) groups excluding carboxylic acids is 2. The molecule has 12 heteroatoms. The fourth-order valence-electron chi connectivity index (χ4n) is 4.94. The second-order valence-corrected chi connectivity index (χ2v) is 13.2. The number of nitrogens with one attached hydrogen (secondary N) is 2. The fourth-order valence-corrected chi connectivity index (χ4v) is 7.01. The molecule has 228 valence electrons. The number of amides is 2. The van der Waals surface area contributed by atoms with Gasteiger partial charge in [-0.15, -0.1) is 0 Å². The molecule has 0 unspecified atom stereocenters. The van der Waals surface area contributed by atoms with Crippen molar-refractivity contribution in [1.82, 2.24) is 20.0 Å². The van der Waals surface area contributed by atoms with Gasteiger partial charge in [-0.3, -0.25) is 24.1 Å². The molecule has 2 aliphatic rings. The Hall–Kier alpha value is -3.42. The van der Waals surface area contributed by atoms with Crippen molar-refractivity contribution in [2.24, 2.45) is 0 Å². The molecule has 0 saturated carbocycles. The Kier molecular flexibility index (Phi) is 10.7. The van der Waals surface area contributed by atoms with E-state index in [9.17, 15) is 18.0 Å². The van der Waals surface area contributed by atoms with E-state index in [2.05, 4.69) is 19.8 Å². The number of para-hydroxylation sites is 1. The highest BCUT2D eigenvalue weighted by molar-refractivity contribution is 7.99. The Morgan fingerprint density at radius 3 is 2.09 bits per heavy atom. The Morgan fingerprint density at radius 1 is 0.767 bits per heavy atom. The summed E-state index contributed by atoms with van der Waals surface area (Å²) in [4.78, 5) is 33.8. The zero-order chi connectivity index (χ0) is 30.1. The van der Waals surface area contributed by atoms with Gasteiger partial charge in [-0.2, -0.15) is 0 Å². The predicted octanol–water partition coefficient (Wildman–Crippen LogP) is 2.84. The molecule has 2 N–H and O–H groups in total. The number of anilines is 1. The van der Waals surface area contributed by atoms with E-state index in [4.69, 9.17) is 4.74 Å². The molecule has 0 bridgehead atoms. The van der Waals surface area contributed by atoms with E-state index in [1.54, 1.807) is 17.0 Å². The predicted molar refractivity (Wildman–Crippen MR) is 167 cm³/mol. The van der Waals surface area contributed by atoms with Gasteiger partial charge in [-0.1, -0.05) is 42.1 Å². The first-order chi connectivity index (χ1) is 20.9. The molecule has 2 heterocycles. The van der Waals surface area contributed by atoms with Gasteiger partial charge in [-0.05, 0) is 48.5 Å². The summed E-state index contributed by atoms with van der Waals surface area (Å²) in [6.07, 6.45) is 0. The lowest BCUT2D eigenvalue weighted by Gasteiger charge is -2.36. The number of hydrogen-bond donors (Lipinski definition) is 2. The third-order valence-corrected chi connectivity index (χ3v) is 9.96. The SMILES string of the molecule is O=C(NCC(=O)N1CCN(CCN2CCOCC2)CC1)c1ccc(S(=O)(=O)Nc2ccccc2Sc2ccccc2)cc1. The second kappa shape index (κ2) is 14.8. The van der Waals surface area contributed by atoms with Crippen LogP contribution >= 0.6 is 11.8 Å². The van der Waals surface area contributed by atoms with E-state index in [0.29, 0.717) is 18.8 Å². The molecular weight excluding hydrogens is 587 g/mol. The summed E-state index contributed by atoms with van der Waals surface area (Å²) in [6.45, 7) is 8.26. The van der Waals surface area contributed by atoms with Gasteiger partial charge < -0.3 is 15.0 Å². The van der Waals surface area contributed by atoms with Gasteiger partial charge in [0.2, 0.25) is 5.91 Å². The van der Waals surface area contributed by atoms with Crippen LogP contribution in [-0.4, -0.2) is 107 Å². The van der Waals surface area contributed by atoms with E-state index in [0.717, 1.165) is 62.3 Å². The van der Waals surface area contributed by atoms with Crippen LogP contribution in [0, 0.1) is 0 Å². The smallest absolute Gasteiger partial charge is 0.261 e. The first-order valence-corrected chi connectivity index (χ1v) is 16.7. The highest BCUT2D eigenvalue weighted by atomic mass is 32.2. The van der Waals surface area contributed by atoms with E-state index < -0.39 is 15.9 Å². The van der Waals surface area contributed by atoms with Crippen molar-refractivity contribution in [3.8, 4) is 0 Å². The molecule has 0 atom stereocenters. The standard InChI is InChI=1S/C31H37N5O5S2/c37-30(36-18-16-34(17-19-36)14-15-35-20-22-41-23-21-35)24-32-31(38)25-10-12-27(13-11-25)43(39,40)33-28-8-4-5-9-29(28)42-26-6-2-1-3-7-26/h1-13,33H,14-24H2,(H,32,38). The molecule has 0 spiro atoms. The monoisotopic (exact) mass is 623 g/mol. The summed E-state index contributed by atoms with van der Waals surface area (Å²) in [6, 6.07) is 22.6. The van der Waals surface area contributed by atoms with Crippen LogP contribution in [0.4, 0.5) is 5.69 Å². The normalized spacial score (nSPS) is 16.5. The maximum absolute atomic E-state index is 13.1. The van der Waals surface area contributed by atoms with Gasteiger partial charge in [0.25, 0.3) is 15.9 Å². The lowest BCUT2D eigenvalue weighted by molar-refractivity contribution is -0.131. The van der Waals surface area contributed by atoms with Crippen molar-refractivity contribution in [3.63, 3.8) is 0 Å². The molecule has 43 heavy (non-hydrogen) atoms. The second-order valence-electron chi connectivity index (χ2n) is 10.4. The van der Waals surface area contributed by atoms with Crippen molar-refractivity contribution in [2.45, 2.75) is 14.7 Å². The van der Waals surface area contributed by atoms with Crippen LogP contribution in [0.15, 0.2) is 93.5 Å². The van der Waals surface area contributed by atoms with Gasteiger partial charge in [0.05, 0.1) is 30.3 Å². The number of sulfonamides is 1. The lowest BCUT2D eigenvalue weighted by Crippen LogP contribution is -2.52. The van der Waals surface area contributed by atoms with E-state index in [1.165, 1.54) is 36.0 Å². The van der Waals surface area contributed by atoms with Gasteiger partial charge in [0.15, 0.2) is 0 Å². The largest absolute Gasteiger partial charge is 0.379 e. The van der Waals surface area contributed by atoms with Crippen molar-refractivity contribution in [2.75, 3.05) is 76.8 Å². The zero-order valence-corrected chi connectivity index (χ0v) is 25.6. The molecule has 5 rings (SSSR count). The Labute approximate surface area is 257 Å². The average molecular weight is 624 g/mol. The lowest BCUT2D eigenvalue weighted by atomic mass is 10.2. The maximum atomic E-state index is 13.1. The summed E-state index contributed by atoms with van der Waals surface area (Å²) in [7, 11) is -3.89. The fraction of sp³-hybridized carbons (Fsp3) is 0.355. The van der Waals surface area contributed by atoms with Gasteiger partial charge >= 0.3 is 0 Å². The topological polar surface area (TPSA) is 111 Å². The molecule has 2 aliphatic heterocycles. The number of nitrogens with zero attached hydrogens (tertiary/aromatic N) is 3. The van der Waals surface area contributed by atoms with Gasteiger partial charge in [0, 0.05) is 67.7 Å². The number of ether oxygens (including phenoxy) is 1. The first kappa shape index (κ1) is 31.0.